The zero-order chi connectivity index (χ0) is 13.8. The van der Waals surface area contributed by atoms with Crippen LogP contribution in [-0.2, 0) is 6.18 Å². The highest BCUT2D eigenvalue weighted by atomic mass is 19.4. The molecular formula is C11H13F3N2O2. The van der Waals surface area contributed by atoms with Gasteiger partial charge in [-0.15, -0.1) is 0 Å². The fourth-order valence-electron chi connectivity index (χ4n) is 1.27. The number of carbonyl (C=O) groups excluding carboxylic acids is 1. The molecule has 100 valence electrons. The number of para-hydroxylation sites is 1. The van der Waals surface area contributed by atoms with Crippen LogP contribution in [-0.4, -0.2) is 23.8 Å². The van der Waals surface area contributed by atoms with Gasteiger partial charge in [-0.25, -0.2) is 4.79 Å². The van der Waals surface area contributed by atoms with Crippen LogP contribution in [0, 0.1) is 0 Å². The van der Waals surface area contributed by atoms with Crippen LogP contribution in [0.2, 0.25) is 0 Å². The Morgan fingerprint density at radius 3 is 2.56 bits per heavy atom. The number of carbonyl (C=O) groups is 1. The first-order chi connectivity index (χ1) is 8.34. The number of anilines is 1. The average Bonchev–Trinajstić information content (AvgIpc) is 2.27. The Hall–Kier alpha value is -1.76. The zero-order valence-corrected chi connectivity index (χ0v) is 9.58. The molecule has 0 unspecified atom stereocenters. The van der Waals surface area contributed by atoms with Crippen LogP contribution < -0.4 is 10.6 Å². The first-order valence-corrected chi connectivity index (χ1v) is 5.19. The van der Waals surface area contributed by atoms with Crippen LogP contribution in [0.15, 0.2) is 24.3 Å². The summed E-state index contributed by atoms with van der Waals surface area (Å²) < 4.78 is 37.8. The van der Waals surface area contributed by atoms with Gasteiger partial charge in [-0.2, -0.15) is 13.2 Å². The number of amides is 2. The summed E-state index contributed by atoms with van der Waals surface area (Å²) in [5, 5.41) is 13.1. The van der Waals surface area contributed by atoms with E-state index < -0.39 is 23.8 Å². The molecule has 0 aliphatic carbocycles. The van der Waals surface area contributed by atoms with E-state index >= 15 is 0 Å². The van der Waals surface area contributed by atoms with E-state index in [2.05, 4.69) is 10.6 Å². The Bertz CT molecular complexity index is 421. The number of aliphatic hydroxyl groups is 1. The lowest BCUT2D eigenvalue weighted by Gasteiger charge is -2.15. The molecule has 0 fully saturated rings. The van der Waals surface area contributed by atoms with Crippen LogP contribution in [0.4, 0.5) is 23.7 Å². The molecule has 1 aromatic rings. The Morgan fingerprint density at radius 1 is 1.39 bits per heavy atom. The number of hydrogen-bond acceptors (Lipinski definition) is 2. The molecule has 0 radical (unpaired) electrons. The predicted octanol–water partition coefficient (Wildman–Crippen LogP) is 2.21. The van der Waals surface area contributed by atoms with Crippen molar-refractivity contribution >= 4 is 11.7 Å². The summed E-state index contributed by atoms with van der Waals surface area (Å²) in [4.78, 5) is 11.4. The van der Waals surface area contributed by atoms with Crippen LogP contribution in [0.5, 0.6) is 0 Å². The van der Waals surface area contributed by atoms with Gasteiger partial charge in [-0.1, -0.05) is 12.1 Å². The lowest BCUT2D eigenvalue weighted by molar-refractivity contribution is -0.136. The second-order valence-corrected chi connectivity index (χ2v) is 3.73. The maximum absolute atomic E-state index is 12.6. The van der Waals surface area contributed by atoms with Crippen LogP contribution in [0.25, 0.3) is 0 Å². The molecule has 2 amide bonds. The molecule has 0 bridgehead atoms. The normalized spacial score (nSPS) is 12.9. The van der Waals surface area contributed by atoms with E-state index in [-0.39, 0.29) is 12.3 Å². The molecule has 3 N–H and O–H groups in total. The molecule has 0 spiro atoms. The Labute approximate surface area is 102 Å². The van der Waals surface area contributed by atoms with Gasteiger partial charge in [0.05, 0.1) is 23.9 Å². The molecule has 0 saturated carbocycles. The number of aliphatic hydroxyl groups excluding tert-OH is 1. The highest BCUT2D eigenvalue weighted by Gasteiger charge is 2.33. The lowest BCUT2D eigenvalue weighted by atomic mass is 10.1. The van der Waals surface area contributed by atoms with Gasteiger partial charge in [0, 0.05) is 0 Å². The van der Waals surface area contributed by atoms with Crippen molar-refractivity contribution < 1.29 is 23.1 Å². The smallest absolute Gasteiger partial charge is 0.394 e. The Morgan fingerprint density at radius 2 is 2.00 bits per heavy atom. The summed E-state index contributed by atoms with van der Waals surface area (Å²) in [6.07, 6.45) is -4.54. The number of benzene rings is 1. The molecule has 0 aliphatic rings. The first kappa shape index (κ1) is 14.3. The first-order valence-electron chi connectivity index (χ1n) is 5.19. The third-order valence-electron chi connectivity index (χ3n) is 2.13. The third-order valence-corrected chi connectivity index (χ3v) is 2.13. The van der Waals surface area contributed by atoms with Crippen LogP contribution in [0.3, 0.4) is 0 Å². The zero-order valence-electron chi connectivity index (χ0n) is 9.58. The van der Waals surface area contributed by atoms with E-state index in [4.69, 9.17) is 5.11 Å². The summed E-state index contributed by atoms with van der Waals surface area (Å²) in [6, 6.07) is 3.33. The van der Waals surface area contributed by atoms with Gasteiger partial charge < -0.3 is 15.7 Å². The summed E-state index contributed by atoms with van der Waals surface area (Å²) in [5.41, 5.74) is -1.25. The van der Waals surface area contributed by atoms with Gasteiger partial charge in [0.25, 0.3) is 0 Å². The molecule has 1 atom stereocenters. The van der Waals surface area contributed by atoms with E-state index in [0.29, 0.717) is 0 Å². The topological polar surface area (TPSA) is 61.4 Å². The van der Waals surface area contributed by atoms with Gasteiger partial charge in [0.2, 0.25) is 0 Å². The molecule has 0 heterocycles. The largest absolute Gasteiger partial charge is 0.418 e. The number of rotatable bonds is 3. The molecular weight excluding hydrogens is 249 g/mol. The average molecular weight is 262 g/mol. The maximum Gasteiger partial charge on any atom is 0.418 e. The fourth-order valence-corrected chi connectivity index (χ4v) is 1.27. The molecule has 1 rings (SSSR count). The van der Waals surface area contributed by atoms with Crippen molar-refractivity contribution in [3.05, 3.63) is 29.8 Å². The van der Waals surface area contributed by atoms with Crippen molar-refractivity contribution in [1.29, 1.82) is 0 Å². The van der Waals surface area contributed by atoms with E-state index in [9.17, 15) is 18.0 Å². The van der Waals surface area contributed by atoms with Crippen molar-refractivity contribution in [3.63, 3.8) is 0 Å². The minimum Gasteiger partial charge on any atom is -0.394 e. The van der Waals surface area contributed by atoms with Crippen molar-refractivity contribution in [2.75, 3.05) is 11.9 Å². The molecule has 0 saturated heterocycles. The van der Waals surface area contributed by atoms with Crippen LogP contribution in [0.1, 0.15) is 12.5 Å². The van der Waals surface area contributed by atoms with Gasteiger partial charge in [0.1, 0.15) is 0 Å². The standard InChI is InChI=1S/C11H13F3N2O2/c1-7(6-17)15-10(18)16-9-5-3-2-4-8(9)11(12,13)14/h2-5,7,17H,6H2,1H3,(H2,15,16,18)/t7-/m1/s1. The number of hydrogen-bond donors (Lipinski definition) is 3. The molecule has 18 heavy (non-hydrogen) atoms. The second kappa shape index (κ2) is 5.72. The van der Waals surface area contributed by atoms with E-state index in [1.807, 2.05) is 0 Å². The minimum absolute atomic E-state index is 0.297. The van der Waals surface area contributed by atoms with Gasteiger partial charge in [-0.3, -0.25) is 0 Å². The highest BCUT2D eigenvalue weighted by Crippen LogP contribution is 2.34. The van der Waals surface area contributed by atoms with Gasteiger partial charge >= 0.3 is 12.2 Å². The molecule has 1 aromatic carbocycles. The number of nitrogens with one attached hydrogen (secondary N) is 2. The van der Waals surface area contributed by atoms with E-state index in [1.54, 1.807) is 0 Å². The SMILES string of the molecule is C[C@H](CO)NC(=O)Nc1ccccc1C(F)(F)F. The quantitative estimate of drug-likeness (QED) is 0.782. The Balaban J connectivity index is 2.82. The second-order valence-electron chi connectivity index (χ2n) is 3.73. The molecule has 4 nitrogen and oxygen atoms in total. The molecule has 7 heteroatoms. The van der Waals surface area contributed by atoms with Crippen molar-refractivity contribution in [2.45, 2.75) is 19.1 Å². The number of halogens is 3. The monoisotopic (exact) mass is 262 g/mol. The molecule has 0 aliphatic heterocycles. The van der Waals surface area contributed by atoms with E-state index in [1.165, 1.54) is 19.1 Å². The van der Waals surface area contributed by atoms with Crippen molar-refractivity contribution in [2.24, 2.45) is 0 Å². The summed E-state index contributed by atoms with van der Waals surface area (Å²) in [6.45, 7) is 1.23. The number of alkyl halides is 3. The predicted molar refractivity (Wildman–Crippen MR) is 60.1 cm³/mol. The van der Waals surface area contributed by atoms with Gasteiger partial charge in [-0.05, 0) is 19.1 Å². The number of urea groups is 1. The van der Waals surface area contributed by atoms with Crippen molar-refractivity contribution in [3.8, 4) is 0 Å². The lowest BCUT2D eigenvalue weighted by Crippen LogP contribution is -2.38. The van der Waals surface area contributed by atoms with Crippen LogP contribution >= 0.6 is 0 Å². The summed E-state index contributed by atoms with van der Waals surface area (Å²) in [5.74, 6) is 0. The minimum atomic E-state index is -4.54. The Kier molecular flexibility index (Phi) is 4.55. The molecule has 0 aromatic heterocycles. The third kappa shape index (κ3) is 3.92. The summed E-state index contributed by atoms with van der Waals surface area (Å²) >= 11 is 0. The summed E-state index contributed by atoms with van der Waals surface area (Å²) in [7, 11) is 0. The highest BCUT2D eigenvalue weighted by molar-refractivity contribution is 5.90. The van der Waals surface area contributed by atoms with Gasteiger partial charge in [0.15, 0.2) is 0 Å². The van der Waals surface area contributed by atoms with Crippen molar-refractivity contribution in [1.82, 2.24) is 5.32 Å². The fraction of sp³-hybridized carbons (Fsp3) is 0.364. The maximum atomic E-state index is 12.6. The van der Waals surface area contributed by atoms with E-state index in [0.717, 1.165) is 12.1 Å².